The second-order valence-electron chi connectivity index (χ2n) is 6.51. The second kappa shape index (κ2) is 6.97. The molecule has 2 heterocycles. The van der Waals surface area contributed by atoms with E-state index in [9.17, 15) is 4.79 Å². The summed E-state index contributed by atoms with van der Waals surface area (Å²) in [6, 6.07) is 9.99. The number of ketones is 1. The molecule has 6 heteroatoms. The van der Waals surface area contributed by atoms with Crippen molar-refractivity contribution in [2.24, 2.45) is 0 Å². The van der Waals surface area contributed by atoms with Crippen LogP contribution in [0.3, 0.4) is 0 Å². The lowest BCUT2D eigenvalue weighted by Crippen LogP contribution is -2.31. The zero-order valence-corrected chi connectivity index (χ0v) is 14.5. The topological polar surface area (TPSA) is 51.0 Å². The fourth-order valence-corrected chi connectivity index (χ4v) is 4.06. The third-order valence-electron chi connectivity index (χ3n) is 4.63. The molecule has 24 heavy (non-hydrogen) atoms. The summed E-state index contributed by atoms with van der Waals surface area (Å²) in [7, 11) is 0. The minimum atomic E-state index is 0.144. The Morgan fingerprint density at radius 3 is 2.54 bits per heavy atom. The molecule has 2 aromatic rings. The number of rotatable bonds is 6. The number of carbonyl (C=O) groups is 1. The Morgan fingerprint density at radius 1 is 1.08 bits per heavy atom. The minimum absolute atomic E-state index is 0.144. The van der Waals surface area contributed by atoms with Gasteiger partial charge in [0.05, 0.1) is 5.75 Å². The van der Waals surface area contributed by atoms with Crippen LogP contribution in [0.15, 0.2) is 35.5 Å². The second-order valence-corrected chi connectivity index (χ2v) is 7.45. The molecule has 1 saturated carbocycles. The summed E-state index contributed by atoms with van der Waals surface area (Å²) in [6.07, 6.45) is 6.15. The average molecular weight is 342 g/mol. The van der Waals surface area contributed by atoms with Crippen molar-refractivity contribution in [3.63, 3.8) is 0 Å². The third-order valence-corrected chi connectivity index (χ3v) is 5.57. The number of aromatic nitrogens is 3. The van der Waals surface area contributed by atoms with Gasteiger partial charge in [0.25, 0.3) is 0 Å². The summed E-state index contributed by atoms with van der Waals surface area (Å²) in [5.74, 6) is 1.56. The Kier molecular flexibility index (Phi) is 4.56. The van der Waals surface area contributed by atoms with E-state index < -0.39 is 0 Å². The van der Waals surface area contributed by atoms with Gasteiger partial charge in [0, 0.05) is 24.7 Å². The first kappa shape index (κ1) is 15.7. The summed E-state index contributed by atoms with van der Waals surface area (Å²) < 4.78 is 2.27. The van der Waals surface area contributed by atoms with Crippen LogP contribution in [0.4, 0.5) is 5.95 Å². The molecule has 126 valence electrons. The number of piperidine rings is 1. The molecule has 1 aromatic heterocycles. The molecule has 0 unspecified atom stereocenters. The van der Waals surface area contributed by atoms with E-state index in [2.05, 4.69) is 19.7 Å². The summed E-state index contributed by atoms with van der Waals surface area (Å²) in [6.45, 7) is 2.14. The lowest BCUT2D eigenvalue weighted by Gasteiger charge is -2.27. The van der Waals surface area contributed by atoms with Crippen molar-refractivity contribution in [1.82, 2.24) is 14.8 Å². The molecule has 2 aliphatic rings. The van der Waals surface area contributed by atoms with E-state index in [0.29, 0.717) is 11.8 Å². The normalized spacial score (nSPS) is 17.9. The summed E-state index contributed by atoms with van der Waals surface area (Å²) in [4.78, 5) is 14.7. The fourth-order valence-electron chi connectivity index (χ4n) is 3.17. The molecule has 0 spiro atoms. The zero-order chi connectivity index (χ0) is 16.4. The largest absolute Gasteiger partial charge is 0.341 e. The van der Waals surface area contributed by atoms with Gasteiger partial charge in [0.2, 0.25) is 5.95 Å². The lowest BCUT2D eigenvalue weighted by molar-refractivity contribution is 0.102. The molecule has 0 atom stereocenters. The highest BCUT2D eigenvalue weighted by molar-refractivity contribution is 7.99. The van der Waals surface area contributed by atoms with Crippen molar-refractivity contribution in [1.29, 1.82) is 0 Å². The van der Waals surface area contributed by atoms with Gasteiger partial charge in [0.15, 0.2) is 10.9 Å². The van der Waals surface area contributed by atoms with Gasteiger partial charge in [-0.25, -0.2) is 0 Å². The summed E-state index contributed by atoms with van der Waals surface area (Å²) >= 11 is 1.52. The number of hydrogen-bond acceptors (Lipinski definition) is 5. The average Bonchev–Trinajstić information content (AvgIpc) is 3.40. The van der Waals surface area contributed by atoms with Gasteiger partial charge in [-0.05, 0) is 32.1 Å². The first-order valence-electron chi connectivity index (χ1n) is 8.74. The highest BCUT2D eigenvalue weighted by atomic mass is 32.2. The Morgan fingerprint density at radius 2 is 1.83 bits per heavy atom. The molecule has 1 saturated heterocycles. The first-order valence-corrected chi connectivity index (χ1v) is 9.72. The maximum atomic E-state index is 12.3. The Bertz CT molecular complexity index is 705. The number of nitrogens with zero attached hydrogens (tertiary/aromatic N) is 4. The highest BCUT2D eigenvalue weighted by Gasteiger charge is 2.32. The van der Waals surface area contributed by atoms with Crippen molar-refractivity contribution in [2.75, 3.05) is 23.7 Å². The number of anilines is 1. The van der Waals surface area contributed by atoms with E-state index in [4.69, 9.17) is 0 Å². The van der Waals surface area contributed by atoms with E-state index in [-0.39, 0.29) is 5.78 Å². The van der Waals surface area contributed by atoms with Crippen molar-refractivity contribution in [3.8, 4) is 0 Å². The van der Waals surface area contributed by atoms with Crippen molar-refractivity contribution in [2.45, 2.75) is 43.3 Å². The number of benzene rings is 1. The number of Topliss-reactive ketones (excluding diaryl/α,β-unsaturated/α-hetero) is 1. The molecule has 4 rings (SSSR count). The van der Waals surface area contributed by atoms with E-state index in [1.54, 1.807) is 0 Å². The maximum absolute atomic E-state index is 12.3. The monoisotopic (exact) mass is 342 g/mol. The fraction of sp³-hybridized carbons (Fsp3) is 0.500. The van der Waals surface area contributed by atoms with Gasteiger partial charge in [-0.2, -0.15) is 0 Å². The molecule has 1 aliphatic carbocycles. The molecule has 0 radical (unpaired) electrons. The summed E-state index contributed by atoms with van der Waals surface area (Å²) in [5.41, 5.74) is 0.763. The van der Waals surface area contributed by atoms with Gasteiger partial charge in [0.1, 0.15) is 0 Å². The van der Waals surface area contributed by atoms with Crippen LogP contribution in [0.5, 0.6) is 0 Å². The van der Waals surface area contributed by atoms with Crippen LogP contribution in [0.25, 0.3) is 0 Å². The van der Waals surface area contributed by atoms with Crippen molar-refractivity contribution >= 4 is 23.5 Å². The molecule has 0 N–H and O–H groups in total. The van der Waals surface area contributed by atoms with Gasteiger partial charge in [-0.3, -0.25) is 9.36 Å². The van der Waals surface area contributed by atoms with Crippen LogP contribution < -0.4 is 4.90 Å². The lowest BCUT2D eigenvalue weighted by atomic mass is 10.1. The van der Waals surface area contributed by atoms with Crippen molar-refractivity contribution < 1.29 is 4.79 Å². The Balaban J connectivity index is 1.49. The molecule has 1 aromatic carbocycles. The maximum Gasteiger partial charge on any atom is 0.228 e. The van der Waals surface area contributed by atoms with Gasteiger partial charge < -0.3 is 4.90 Å². The van der Waals surface area contributed by atoms with Crippen LogP contribution in [0.2, 0.25) is 0 Å². The SMILES string of the molecule is O=C(CSc1nnc(N2CCCCC2)n1C1CC1)c1ccccc1. The quantitative estimate of drug-likeness (QED) is 0.593. The van der Waals surface area contributed by atoms with E-state index in [1.165, 1.54) is 43.9 Å². The van der Waals surface area contributed by atoms with Gasteiger partial charge in [-0.1, -0.05) is 42.1 Å². The van der Waals surface area contributed by atoms with E-state index in [0.717, 1.165) is 29.8 Å². The zero-order valence-electron chi connectivity index (χ0n) is 13.7. The van der Waals surface area contributed by atoms with Crippen LogP contribution >= 0.6 is 11.8 Å². The Labute approximate surface area is 146 Å². The minimum Gasteiger partial charge on any atom is -0.341 e. The third kappa shape index (κ3) is 3.34. The molecule has 0 amide bonds. The Hall–Kier alpha value is -1.82. The number of thioether (sulfide) groups is 1. The van der Waals surface area contributed by atoms with E-state index in [1.807, 2.05) is 30.3 Å². The van der Waals surface area contributed by atoms with Gasteiger partial charge in [-0.15, -0.1) is 10.2 Å². The van der Waals surface area contributed by atoms with Crippen LogP contribution in [-0.2, 0) is 0 Å². The predicted molar refractivity (Wildman–Crippen MR) is 95.9 cm³/mol. The first-order chi connectivity index (χ1) is 11.8. The molecular weight excluding hydrogens is 320 g/mol. The molecule has 5 nitrogen and oxygen atoms in total. The predicted octanol–water partition coefficient (Wildman–Crippen LogP) is 3.58. The molecule has 0 bridgehead atoms. The van der Waals surface area contributed by atoms with Gasteiger partial charge >= 0.3 is 0 Å². The smallest absolute Gasteiger partial charge is 0.228 e. The highest BCUT2D eigenvalue weighted by Crippen LogP contribution is 2.41. The van der Waals surface area contributed by atoms with Crippen LogP contribution in [0.1, 0.15) is 48.5 Å². The van der Waals surface area contributed by atoms with Crippen LogP contribution in [-0.4, -0.2) is 39.4 Å². The number of carbonyl (C=O) groups excluding carboxylic acids is 1. The summed E-state index contributed by atoms with van der Waals surface area (Å²) in [5, 5.41) is 9.75. The number of hydrogen-bond donors (Lipinski definition) is 0. The molecular formula is C18H22N4OS. The van der Waals surface area contributed by atoms with E-state index >= 15 is 0 Å². The standard InChI is InChI=1S/C18H22N4OS/c23-16(14-7-3-1-4-8-14)13-24-18-20-19-17(22(18)15-9-10-15)21-11-5-2-6-12-21/h1,3-4,7-8,15H,2,5-6,9-13H2. The van der Waals surface area contributed by atoms with Crippen molar-refractivity contribution in [3.05, 3.63) is 35.9 Å². The molecule has 2 fully saturated rings. The molecule has 1 aliphatic heterocycles. The van der Waals surface area contributed by atoms with Crippen LogP contribution in [0, 0.1) is 0 Å².